The normalized spacial score (nSPS) is 17.5. The molecule has 1 aliphatic rings. The van der Waals surface area contributed by atoms with E-state index in [2.05, 4.69) is 41.7 Å². The van der Waals surface area contributed by atoms with E-state index in [4.69, 9.17) is 4.74 Å². The highest BCUT2D eigenvalue weighted by molar-refractivity contribution is 9.10. The van der Waals surface area contributed by atoms with Crippen LogP contribution in [0, 0.1) is 6.92 Å². The van der Waals surface area contributed by atoms with Gasteiger partial charge in [-0.15, -0.1) is 5.10 Å². The molecule has 7 heteroatoms. The first-order valence-electron chi connectivity index (χ1n) is 7.29. The first kappa shape index (κ1) is 15.2. The standard InChI is InChI=1S/C15H18BrN5O/c1-10-4-5-13(12(16)7-10)19-15-20-14(9-18-21-15)17-8-11-3-2-6-22-11/h4-5,7,9,11H,2-3,6,8H2,1H3,(H2,17,19,20,21). The van der Waals surface area contributed by atoms with Crippen LogP contribution >= 0.6 is 15.9 Å². The number of halogens is 1. The molecule has 3 rings (SSSR count). The Morgan fingerprint density at radius 1 is 1.41 bits per heavy atom. The molecular formula is C15H18BrN5O. The van der Waals surface area contributed by atoms with Crippen LogP contribution in [-0.2, 0) is 4.74 Å². The van der Waals surface area contributed by atoms with E-state index in [1.165, 1.54) is 5.56 Å². The highest BCUT2D eigenvalue weighted by atomic mass is 79.9. The molecule has 0 saturated carbocycles. The van der Waals surface area contributed by atoms with Crippen molar-refractivity contribution in [1.29, 1.82) is 0 Å². The van der Waals surface area contributed by atoms with E-state index in [-0.39, 0.29) is 6.10 Å². The molecule has 1 fully saturated rings. The van der Waals surface area contributed by atoms with E-state index < -0.39 is 0 Å². The van der Waals surface area contributed by atoms with Crippen LogP contribution in [0.15, 0.2) is 28.9 Å². The van der Waals surface area contributed by atoms with Crippen LogP contribution < -0.4 is 10.6 Å². The third-order valence-electron chi connectivity index (χ3n) is 3.46. The van der Waals surface area contributed by atoms with E-state index in [9.17, 15) is 0 Å². The van der Waals surface area contributed by atoms with Crippen molar-refractivity contribution < 1.29 is 4.74 Å². The molecule has 0 amide bonds. The Bertz CT molecular complexity index is 646. The lowest BCUT2D eigenvalue weighted by molar-refractivity contribution is 0.120. The van der Waals surface area contributed by atoms with Gasteiger partial charge in [-0.25, -0.2) is 0 Å². The maximum absolute atomic E-state index is 5.58. The molecule has 1 unspecified atom stereocenters. The van der Waals surface area contributed by atoms with E-state index in [0.717, 1.165) is 36.2 Å². The van der Waals surface area contributed by atoms with Crippen molar-refractivity contribution in [3.8, 4) is 0 Å². The molecule has 2 heterocycles. The second-order valence-corrected chi connectivity index (χ2v) is 6.14. The first-order valence-corrected chi connectivity index (χ1v) is 8.08. The van der Waals surface area contributed by atoms with Gasteiger partial charge < -0.3 is 15.4 Å². The van der Waals surface area contributed by atoms with Gasteiger partial charge in [0.05, 0.1) is 18.0 Å². The molecule has 1 aliphatic heterocycles. The zero-order valence-corrected chi connectivity index (χ0v) is 13.9. The molecular weight excluding hydrogens is 346 g/mol. The SMILES string of the molecule is Cc1ccc(Nc2nncc(NCC3CCCO3)n2)c(Br)c1. The predicted molar refractivity (Wildman–Crippen MR) is 89.5 cm³/mol. The number of nitrogens with one attached hydrogen (secondary N) is 2. The lowest BCUT2D eigenvalue weighted by Crippen LogP contribution is -2.19. The summed E-state index contributed by atoms with van der Waals surface area (Å²) in [6.45, 7) is 3.64. The van der Waals surface area contributed by atoms with Gasteiger partial charge in [0, 0.05) is 17.6 Å². The number of anilines is 3. The van der Waals surface area contributed by atoms with Crippen molar-refractivity contribution in [1.82, 2.24) is 15.2 Å². The summed E-state index contributed by atoms with van der Waals surface area (Å²) in [6.07, 6.45) is 4.09. The van der Waals surface area contributed by atoms with Gasteiger partial charge in [0.2, 0.25) is 5.95 Å². The van der Waals surface area contributed by atoms with Gasteiger partial charge in [0.1, 0.15) is 0 Å². The highest BCUT2D eigenvalue weighted by Gasteiger charge is 2.15. The monoisotopic (exact) mass is 363 g/mol. The molecule has 1 aromatic carbocycles. The Balaban J connectivity index is 1.65. The fraction of sp³-hybridized carbons (Fsp3) is 0.400. The van der Waals surface area contributed by atoms with Crippen LogP contribution in [0.1, 0.15) is 18.4 Å². The van der Waals surface area contributed by atoms with Crippen LogP contribution in [0.5, 0.6) is 0 Å². The van der Waals surface area contributed by atoms with Crippen LogP contribution in [0.2, 0.25) is 0 Å². The molecule has 1 atom stereocenters. The average molecular weight is 364 g/mol. The molecule has 22 heavy (non-hydrogen) atoms. The quantitative estimate of drug-likeness (QED) is 0.849. The van der Waals surface area contributed by atoms with E-state index >= 15 is 0 Å². The third kappa shape index (κ3) is 3.92. The first-order chi connectivity index (χ1) is 10.7. The largest absolute Gasteiger partial charge is 0.376 e. The van der Waals surface area contributed by atoms with Crippen molar-refractivity contribution in [2.45, 2.75) is 25.9 Å². The lowest BCUT2D eigenvalue weighted by Gasteiger charge is -2.12. The van der Waals surface area contributed by atoms with E-state index in [0.29, 0.717) is 11.8 Å². The Hall–Kier alpha value is -1.73. The van der Waals surface area contributed by atoms with Crippen LogP contribution in [0.3, 0.4) is 0 Å². The zero-order valence-electron chi connectivity index (χ0n) is 12.3. The molecule has 0 spiro atoms. The Morgan fingerprint density at radius 3 is 3.09 bits per heavy atom. The summed E-state index contributed by atoms with van der Waals surface area (Å²) < 4.78 is 6.55. The summed E-state index contributed by atoms with van der Waals surface area (Å²) in [4.78, 5) is 4.42. The van der Waals surface area contributed by atoms with Gasteiger partial charge in [-0.3, -0.25) is 0 Å². The molecule has 0 radical (unpaired) electrons. The van der Waals surface area contributed by atoms with E-state index in [1.54, 1.807) is 6.20 Å². The Labute approximate surface area is 137 Å². The fourth-order valence-corrected chi connectivity index (χ4v) is 2.90. The molecule has 0 bridgehead atoms. The minimum absolute atomic E-state index is 0.262. The van der Waals surface area contributed by atoms with Gasteiger partial charge in [-0.1, -0.05) is 6.07 Å². The van der Waals surface area contributed by atoms with Gasteiger partial charge >= 0.3 is 0 Å². The molecule has 6 nitrogen and oxygen atoms in total. The maximum Gasteiger partial charge on any atom is 0.249 e. The van der Waals surface area contributed by atoms with Gasteiger partial charge in [-0.05, 0) is 53.4 Å². The highest BCUT2D eigenvalue weighted by Crippen LogP contribution is 2.25. The summed E-state index contributed by atoms with van der Waals surface area (Å²) in [7, 11) is 0. The van der Waals surface area contributed by atoms with Crippen molar-refractivity contribution >= 4 is 33.4 Å². The summed E-state index contributed by atoms with van der Waals surface area (Å²) >= 11 is 3.53. The Kier molecular flexibility index (Phi) is 4.84. The summed E-state index contributed by atoms with van der Waals surface area (Å²) in [5.74, 6) is 1.15. The Morgan fingerprint density at radius 2 is 2.32 bits per heavy atom. The third-order valence-corrected chi connectivity index (χ3v) is 4.12. The zero-order chi connectivity index (χ0) is 15.4. The molecule has 116 valence electrons. The number of hydrogen-bond donors (Lipinski definition) is 2. The molecule has 1 saturated heterocycles. The summed E-state index contributed by atoms with van der Waals surface area (Å²) in [5.41, 5.74) is 2.09. The maximum atomic E-state index is 5.58. The number of hydrogen-bond acceptors (Lipinski definition) is 6. The molecule has 1 aromatic heterocycles. The summed E-state index contributed by atoms with van der Waals surface area (Å²) in [6, 6.07) is 6.05. The van der Waals surface area contributed by atoms with Gasteiger partial charge in [0.15, 0.2) is 5.82 Å². The summed E-state index contributed by atoms with van der Waals surface area (Å²) in [5, 5.41) is 14.4. The van der Waals surface area contributed by atoms with Crippen molar-refractivity contribution in [3.63, 3.8) is 0 Å². The number of aromatic nitrogens is 3. The fourth-order valence-electron chi connectivity index (χ4n) is 2.31. The smallest absolute Gasteiger partial charge is 0.249 e. The van der Waals surface area contributed by atoms with Crippen LogP contribution in [0.4, 0.5) is 17.5 Å². The van der Waals surface area contributed by atoms with Gasteiger partial charge in [-0.2, -0.15) is 10.1 Å². The van der Waals surface area contributed by atoms with Crippen LogP contribution in [-0.4, -0.2) is 34.4 Å². The number of ether oxygens (including phenoxy) is 1. The minimum Gasteiger partial charge on any atom is -0.376 e. The lowest BCUT2D eigenvalue weighted by atomic mass is 10.2. The van der Waals surface area contributed by atoms with E-state index in [1.807, 2.05) is 25.1 Å². The second kappa shape index (κ2) is 7.02. The molecule has 2 N–H and O–H groups in total. The number of aryl methyl sites for hydroxylation is 1. The predicted octanol–water partition coefficient (Wildman–Crippen LogP) is 3.28. The van der Waals surface area contributed by atoms with Crippen molar-refractivity contribution in [2.75, 3.05) is 23.8 Å². The molecule has 2 aromatic rings. The average Bonchev–Trinajstić information content (AvgIpc) is 3.02. The molecule has 0 aliphatic carbocycles. The minimum atomic E-state index is 0.262. The van der Waals surface area contributed by atoms with Gasteiger partial charge in [0.25, 0.3) is 0 Å². The topological polar surface area (TPSA) is 72.0 Å². The van der Waals surface area contributed by atoms with Crippen molar-refractivity contribution in [3.05, 3.63) is 34.4 Å². The number of rotatable bonds is 5. The second-order valence-electron chi connectivity index (χ2n) is 5.29. The van der Waals surface area contributed by atoms with Crippen LogP contribution in [0.25, 0.3) is 0 Å². The number of benzene rings is 1. The number of nitrogens with zero attached hydrogens (tertiary/aromatic N) is 3. The van der Waals surface area contributed by atoms with Crippen molar-refractivity contribution in [2.24, 2.45) is 0 Å².